The maximum atomic E-state index is 5.22. The van der Waals surface area contributed by atoms with Crippen LogP contribution in [-0.2, 0) is 6.54 Å². The highest BCUT2D eigenvalue weighted by molar-refractivity contribution is 5.79. The largest absolute Gasteiger partial charge is 0.361 e. The fourth-order valence-electron chi connectivity index (χ4n) is 1.32. The molecule has 0 aliphatic rings. The highest BCUT2D eigenvalue weighted by atomic mass is 15.2. The molecule has 1 heterocycles. The zero-order valence-electron chi connectivity index (χ0n) is 6.67. The van der Waals surface area contributed by atoms with Crippen molar-refractivity contribution in [2.75, 3.05) is 0 Å². The van der Waals surface area contributed by atoms with Crippen molar-refractivity contribution in [3.05, 3.63) is 36.0 Å². The van der Waals surface area contributed by atoms with E-state index in [2.05, 4.69) is 34.7 Å². The van der Waals surface area contributed by atoms with Crippen molar-refractivity contribution in [2.45, 2.75) is 6.54 Å². The maximum Gasteiger partial charge on any atom is 0.0457 e. The Hall–Kier alpha value is -1.32. The van der Waals surface area contributed by atoms with Crippen LogP contribution in [0.15, 0.2) is 30.5 Å². The van der Waals surface area contributed by atoms with Crippen LogP contribution in [0, 0.1) is 0 Å². The molecule has 3 nitrogen and oxygen atoms in total. The number of aromatic amines is 1. The van der Waals surface area contributed by atoms with Crippen molar-refractivity contribution in [2.24, 2.45) is 5.84 Å². The summed E-state index contributed by atoms with van der Waals surface area (Å²) >= 11 is 0. The number of fused-ring (bicyclic) bond motifs is 1. The molecular weight excluding hydrogens is 150 g/mol. The third kappa shape index (κ3) is 1.20. The predicted octanol–water partition coefficient (Wildman–Crippen LogP) is 1.13. The van der Waals surface area contributed by atoms with Gasteiger partial charge in [-0.05, 0) is 23.1 Å². The van der Waals surface area contributed by atoms with Gasteiger partial charge in [-0.15, -0.1) is 0 Å². The van der Waals surface area contributed by atoms with Crippen molar-refractivity contribution in [1.29, 1.82) is 0 Å². The quantitative estimate of drug-likeness (QED) is 0.457. The molecule has 4 N–H and O–H groups in total. The SMILES string of the molecule is NNCc1ccc2cc[nH]c2c1. The molecule has 1 aromatic heterocycles. The molecule has 0 saturated heterocycles. The Morgan fingerprint density at radius 1 is 1.33 bits per heavy atom. The van der Waals surface area contributed by atoms with Crippen molar-refractivity contribution < 1.29 is 0 Å². The van der Waals surface area contributed by atoms with Gasteiger partial charge in [0.05, 0.1) is 0 Å². The molecule has 0 bridgehead atoms. The number of H-pyrrole nitrogens is 1. The molecule has 0 aliphatic heterocycles. The van der Waals surface area contributed by atoms with Crippen molar-refractivity contribution in [1.82, 2.24) is 10.4 Å². The van der Waals surface area contributed by atoms with Gasteiger partial charge in [0.15, 0.2) is 0 Å². The summed E-state index contributed by atoms with van der Waals surface area (Å²) in [6.45, 7) is 0.703. The molecule has 0 aliphatic carbocycles. The average Bonchev–Trinajstić information content (AvgIpc) is 2.51. The van der Waals surface area contributed by atoms with E-state index >= 15 is 0 Å². The first-order valence-corrected chi connectivity index (χ1v) is 3.89. The summed E-state index contributed by atoms with van der Waals surface area (Å²) in [5.74, 6) is 5.22. The molecule has 2 rings (SSSR count). The highest BCUT2D eigenvalue weighted by Crippen LogP contribution is 2.13. The normalized spacial score (nSPS) is 10.8. The zero-order valence-corrected chi connectivity index (χ0v) is 6.67. The number of hydrazine groups is 1. The second-order valence-electron chi connectivity index (χ2n) is 2.78. The summed E-state index contributed by atoms with van der Waals surface area (Å²) < 4.78 is 0. The predicted molar refractivity (Wildman–Crippen MR) is 49.3 cm³/mol. The van der Waals surface area contributed by atoms with Gasteiger partial charge in [-0.3, -0.25) is 11.3 Å². The van der Waals surface area contributed by atoms with Gasteiger partial charge in [0.1, 0.15) is 0 Å². The number of nitrogens with two attached hydrogens (primary N) is 1. The third-order valence-corrected chi connectivity index (χ3v) is 1.93. The molecule has 0 spiro atoms. The van der Waals surface area contributed by atoms with Crippen LogP contribution in [0.4, 0.5) is 0 Å². The molecule has 3 heteroatoms. The summed E-state index contributed by atoms with van der Waals surface area (Å²) in [7, 11) is 0. The van der Waals surface area contributed by atoms with E-state index in [0.717, 1.165) is 5.52 Å². The van der Waals surface area contributed by atoms with E-state index in [4.69, 9.17) is 5.84 Å². The van der Waals surface area contributed by atoms with Crippen molar-refractivity contribution in [3.8, 4) is 0 Å². The van der Waals surface area contributed by atoms with Crippen LogP contribution in [0.5, 0.6) is 0 Å². The lowest BCUT2D eigenvalue weighted by molar-refractivity contribution is 0.742. The molecule has 62 valence electrons. The number of hydrogen-bond acceptors (Lipinski definition) is 2. The summed E-state index contributed by atoms with van der Waals surface area (Å²) in [5.41, 5.74) is 4.97. The minimum Gasteiger partial charge on any atom is -0.361 e. The van der Waals surface area contributed by atoms with Gasteiger partial charge >= 0.3 is 0 Å². The second kappa shape index (κ2) is 2.97. The number of rotatable bonds is 2. The van der Waals surface area contributed by atoms with E-state index in [1.807, 2.05) is 6.20 Å². The molecule has 0 atom stereocenters. The minimum atomic E-state index is 0.703. The molecule has 0 unspecified atom stereocenters. The Morgan fingerprint density at radius 3 is 3.08 bits per heavy atom. The van der Waals surface area contributed by atoms with Gasteiger partial charge in [-0.25, -0.2) is 0 Å². The molecule has 12 heavy (non-hydrogen) atoms. The van der Waals surface area contributed by atoms with E-state index in [-0.39, 0.29) is 0 Å². The van der Waals surface area contributed by atoms with Gasteiger partial charge in [0.2, 0.25) is 0 Å². The molecule has 0 amide bonds. The van der Waals surface area contributed by atoms with Gasteiger partial charge in [-0.1, -0.05) is 12.1 Å². The first kappa shape index (κ1) is 7.34. The topological polar surface area (TPSA) is 53.8 Å². The Morgan fingerprint density at radius 2 is 2.25 bits per heavy atom. The summed E-state index contributed by atoms with van der Waals surface area (Å²) in [6, 6.07) is 8.29. The lowest BCUT2D eigenvalue weighted by atomic mass is 10.2. The van der Waals surface area contributed by atoms with Gasteiger partial charge in [-0.2, -0.15) is 0 Å². The van der Waals surface area contributed by atoms with E-state index in [0.29, 0.717) is 6.54 Å². The molecule has 0 radical (unpaired) electrons. The molecule has 1 aromatic carbocycles. The third-order valence-electron chi connectivity index (χ3n) is 1.93. The van der Waals surface area contributed by atoms with E-state index < -0.39 is 0 Å². The Balaban J connectivity index is 2.46. The molecule has 0 saturated carbocycles. The lowest BCUT2D eigenvalue weighted by Crippen LogP contribution is -2.20. The Bertz CT molecular complexity index is 378. The number of nitrogens with one attached hydrogen (secondary N) is 2. The van der Waals surface area contributed by atoms with Crippen LogP contribution in [0.2, 0.25) is 0 Å². The zero-order chi connectivity index (χ0) is 8.39. The van der Waals surface area contributed by atoms with E-state index in [1.165, 1.54) is 10.9 Å². The first-order chi connectivity index (χ1) is 5.90. The molecular formula is C9H11N3. The smallest absolute Gasteiger partial charge is 0.0457 e. The van der Waals surface area contributed by atoms with Crippen LogP contribution in [0.25, 0.3) is 10.9 Å². The van der Waals surface area contributed by atoms with Gasteiger partial charge < -0.3 is 4.98 Å². The van der Waals surface area contributed by atoms with Crippen LogP contribution in [0.3, 0.4) is 0 Å². The van der Waals surface area contributed by atoms with Crippen LogP contribution < -0.4 is 11.3 Å². The van der Waals surface area contributed by atoms with Crippen LogP contribution >= 0.6 is 0 Å². The fraction of sp³-hybridized carbons (Fsp3) is 0.111. The molecule has 0 fully saturated rings. The summed E-state index contributed by atoms with van der Waals surface area (Å²) in [6.07, 6.45) is 1.93. The first-order valence-electron chi connectivity index (χ1n) is 3.89. The number of benzene rings is 1. The van der Waals surface area contributed by atoms with Crippen molar-refractivity contribution in [3.63, 3.8) is 0 Å². The Kier molecular flexibility index (Phi) is 1.81. The minimum absolute atomic E-state index is 0.703. The lowest BCUT2D eigenvalue weighted by Gasteiger charge is -1.98. The standard InChI is InChI=1S/C9H11N3/c10-12-6-7-1-2-8-3-4-11-9(8)5-7/h1-5,11-12H,6,10H2. The van der Waals surface area contributed by atoms with Crippen molar-refractivity contribution >= 4 is 10.9 Å². The van der Waals surface area contributed by atoms with Crippen LogP contribution in [0.1, 0.15) is 5.56 Å². The maximum absolute atomic E-state index is 5.22. The van der Waals surface area contributed by atoms with E-state index in [1.54, 1.807) is 0 Å². The van der Waals surface area contributed by atoms with Crippen LogP contribution in [-0.4, -0.2) is 4.98 Å². The highest BCUT2D eigenvalue weighted by Gasteiger charge is 1.95. The number of hydrogen-bond donors (Lipinski definition) is 3. The van der Waals surface area contributed by atoms with Gasteiger partial charge in [0.25, 0.3) is 0 Å². The fourth-order valence-corrected chi connectivity index (χ4v) is 1.32. The van der Waals surface area contributed by atoms with Gasteiger partial charge in [0, 0.05) is 18.3 Å². The number of aromatic nitrogens is 1. The van der Waals surface area contributed by atoms with E-state index in [9.17, 15) is 0 Å². The summed E-state index contributed by atoms with van der Waals surface area (Å²) in [4.78, 5) is 3.15. The average molecular weight is 161 g/mol. The second-order valence-corrected chi connectivity index (χ2v) is 2.78. The monoisotopic (exact) mass is 161 g/mol. The Labute approximate surface area is 70.5 Å². The summed E-state index contributed by atoms with van der Waals surface area (Å²) in [5, 5.41) is 1.23. The molecule has 2 aromatic rings.